The second-order valence-corrected chi connectivity index (χ2v) is 9.40. The minimum absolute atomic E-state index is 0.257. The molecule has 1 aromatic heterocycles. The first-order chi connectivity index (χ1) is 18.1. The number of carbonyl (C=O) groups excluding carboxylic acids is 1. The van der Waals surface area contributed by atoms with Gasteiger partial charge in [0.15, 0.2) is 11.8 Å². The number of piperazine rings is 1. The fraction of sp³-hybridized carbons (Fsp3) is 0.333. The topological polar surface area (TPSA) is 67.9 Å². The highest BCUT2D eigenvalue weighted by Crippen LogP contribution is 2.30. The van der Waals surface area contributed by atoms with Gasteiger partial charge in [-0.05, 0) is 34.9 Å². The molecule has 4 aromatic rings. The van der Waals surface area contributed by atoms with Crippen molar-refractivity contribution in [3.8, 4) is 11.1 Å². The lowest BCUT2D eigenvalue weighted by atomic mass is 10.0. The summed E-state index contributed by atoms with van der Waals surface area (Å²) in [6.07, 6.45) is 0.0573. The highest BCUT2D eigenvalue weighted by Gasteiger charge is 2.25. The van der Waals surface area contributed by atoms with E-state index in [1.165, 1.54) is 21.3 Å². The minimum Gasteiger partial charge on any atom is -0.441 e. The molecule has 2 heterocycles. The summed E-state index contributed by atoms with van der Waals surface area (Å²) >= 11 is 0. The van der Waals surface area contributed by atoms with E-state index in [0.29, 0.717) is 17.5 Å². The maximum Gasteiger partial charge on any atom is 0.423 e. The third-order valence-electron chi connectivity index (χ3n) is 6.97. The number of benzene rings is 3. The van der Waals surface area contributed by atoms with Gasteiger partial charge in [-0.3, -0.25) is 9.69 Å². The second kappa shape index (κ2) is 11.0. The van der Waals surface area contributed by atoms with Gasteiger partial charge in [0.05, 0.1) is 11.2 Å². The first-order valence-electron chi connectivity index (χ1n) is 13.0. The maximum atomic E-state index is 12.8. The van der Waals surface area contributed by atoms with E-state index in [1.807, 2.05) is 31.2 Å². The Labute approximate surface area is 216 Å². The fourth-order valence-electron chi connectivity index (χ4n) is 5.00. The van der Waals surface area contributed by atoms with Crippen LogP contribution < -0.4 is 10.7 Å². The number of nitrogens with zero attached hydrogens (tertiary/aromatic N) is 3. The third kappa shape index (κ3) is 5.32. The van der Waals surface area contributed by atoms with Gasteiger partial charge in [0.25, 0.3) is 0 Å². The van der Waals surface area contributed by atoms with Crippen molar-refractivity contribution in [2.24, 2.45) is 0 Å². The Morgan fingerprint density at radius 1 is 0.919 bits per heavy atom. The summed E-state index contributed by atoms with van der Waals surface area (Å²) in [7, 11) is 0. The van der Waals surface area contributed by atoms with Gasteiger partial charge in [0.2, 0.25) is 0 Å². The molecule has 0 spiro atoms. The molecular weight excluding hydrogens is 466 g/mol. The number of hydrogen-bond donors (Lipinski definition) is 0. The zero-order valence-corrected chi connectivity index (χ0v) is 21.4. The molecule has 7 nitrogen and oxygen atoms in total. The van der Waals surface area contributed by atoms with Gasteiger partial charge in [0.1, 0.15) is 0 Å². The summed E-state index contributed by atoms with van der Waals surface area (Å²) in [5.41, 5.74) is 5.85. The van der Waals surface area contributed by atoms with E-state index < -0.39 is 12.0 Å². The Morgan fingerprint density at radius 3 is 2.38 bits per heavy atom. The molecule has 1 atom stereocenters. The lowest BCUT2D eigenvalue weighted by molar-refractivity contribution is -0.153. The summed E-state index contributed by atoms with van der Waals surface area (Å²) < 4.78 is 12.7. The molecule has 1 aliphatic rings. The van der Waals surface area contributed by atoms with E-state index in [4.69, 9.17) is 9.15 Å². The van der Waals surface area contributed by atoms with Gasteiger partial charge in [-0.25, -0.2) is 9.36 Å². The number of esters is 1. The predicted molar refractivity (Wildman–Crippen MR) is 146 cm³/mol. The first kappa shape index (κ1) is 24.8. The number of aromatic nitrogens is 1. The highest BCUT2D eigenvalue weighted by atomic mass is 16.6. The van der Waals surface area contributed by atoms with Gasteiger partial charge in [-0.1, -0.05) is 68.4 Å². The number of hydrogen-bond acceptors (Lipinski definition) is 6. The fourth-order valence-corrected chi connectivity index (χ4v) is 5.00. The molecule has 0 radical (unpaired) electrons. The van der Waals surface area contributed by atoms with Crippen LogP contribution >= 0.6 is 0 Å². The van der Waals surface area contributed by atoms with Gasteiger partial charge in [-0.15, -0.1) is 0 Å². The van der Waals surface area contributed by atoms with Crippen molar-refractivity contribution in [2.45, 2.75) is 39.5 Å². The summed E-state index contributed by atoms with van der Waals surface area (Å²) in [5, 5.41) is 0. The quantitative estimate of drug-likeness (QED) is 0.301. The average Bonchev–Trinajstić information content (AvgIpc) is 3.28. The lowest BCUT2D eigenvalue weighted by Crippen LogP contribution is -2.46. The van der Waals surface area contributed by atoms with Crippen LogP contribution in [0.2, 0.25) is 0 Å². The monoisotopic (exact) mass is 499 g/mol. The third-order valence-corrected chi connectivity index (χ3v) is 6.97. The smallest absolute Gasteiger partial charge is 0.423 e. The van der Waals surface area contributed by atoms with E-state index >= 15 is 0 Å². The summed E-state index contributed by atoms with van der Waals surface area (Å²) in [4.78, 5) is 29.4. The molecule has 1 saturated heterocycles. The highest BCUT2D eigenvalue weighted by molar-refractivity contribution is 5.87. The van der Waals surface area contributed by atoms with Gasteiger partial charge in [0, 0.05) is 45.6 Å². The number of fused-ring (bicyclic) bond motifs is 1. The molecule has 1 fully saturated rings. The molecule has 37 heavy (non-hydrogen) atoms. The molecule has 1 unspecified atom stereocenters. The Hall–Kier alpha value is -3.84. The molecule has 0 aliphatic carbocycles. The Morgan fingerprint density at radius 2 is 1.65 bits per heavy atom. The molecule has 7 heteroatoms. The maximum absolute atomic E-state index is 12.8. The number of oxazole rings is 1. The van der Waals surface area contributed by atoms with Gasteiger partial charge in [-0.2, -0.15) is 0 Å². The zero-order valence-electron chi connectivity index (χ0n) is 21.4. The number of rotatable bonds is 8. The molecule has 192 valence electrons. The average molecular weight is 500 g/mol. The van der Waals surface area contributed by atoms with Crippen LogP contribution in [0.4, 0.5) is 5.69 Å². The number of carbonyl (C=O) groups is 1. The van der Waals surface area contributed by atoms with Gasteiger partial charge < -0.3 is 14.1 Å². The largest absolute Gasteiger partial charge is 0.441 e. The van der Waals surface area contributed by atoms with E-state index in [9.17, 15) is 9.59 Å². The Kier molecular flexibility index (Phi) is 7.42. The molecule has 1 aliphatic heterocycles. The van der Waals surface area contributed by atoms with Crippen molar-refractivity contribution in [3.05, 3.63) is 88.9 Å². The van der Waals surface area contributed by atoms with E-state index in [2.05, 4.69) is 58.3 Å². The summed E-state index contributed by atoms with van der Waals surface area (Å²) in [5.74, 6) is -0.843. The zero-order chi connectivity index (χ0) is 25.8. The van der Waals surface area contributed by atoms with Crippen LogP contribution in [0.25, 0.3) is 22.2 Å². The van der Waals surface area contributed by atoms with Crippen LogP contribution in [0.3, 0.4) is 0 Å². The van der Waals surface area contributed by atoms with E-state index in [-0.39, 0.29) is 12.4 Å². The van der Waals surface area contributed by atoms with Crippen molar-refractivity contribution in [3.63, 3.8) is 0 Å². The molecule has 0 amide bonds. The van der Waals surface area contributed by atoms with Crippen LogP contribution in [0, 0.1) is 0 Å². The predicted octanol–water partition coefficient (Wildman–Crippen LogP) is 5.45. The summed E-state index contributed by atoms with van der Waals surface area (Å²) in [6.45, 7) is 7.99. The minimum atomic E-state index is -0.681. The molecular formula is C30H33N3O4. The van der Waals surface area contributed by atoms with E-state index in [1.54, 1.807) is 6.92 Å². The molecule has 0 saturated carbocycles. The molecule has 3 aromatic carbocycles. The van der Waals surface area contributed by atoms with Crippen molar-refractivity contribution in [2.75, 3.05) is 31.1 Å². The SMILES string of the molecule is CCC(=O)OC(CC)n1c(=O)oc2c(N3CCN(Cc4cccc(-c5ccccc5)c4)CC3)cccc21. The summed E-state index contributed by atoms with van der Waals surface area (Å²) in [6, 6.07) is 25.0. The normalized spacial score (nSPS) is 15.1. The van der Waals surface area contributed by atoms with Crippen molar-refractivity contribution in [1.29, 1.82) is 0 Å². The molecule has 5 rings (SSSR count). The number of anilines is 1. The molecule has 0 N–H and O–H groups in total. The first-order valence-corrected chi connectivity index (χ1v) is 13.0. The molecule has 0 bridgehead atoms. The van der Waals surface area contributed by atoms with Crippen molar-refractivity contribution >= 4 is 22.8 Å². The Bertz CT molecular complexity index is 1420. The van der Waals surface area contributed by atoms with Gasteiger partial charge >= 0.3 is 11.7 Å². The van der Waals surface area contributed by atoms with Crippen molar-refractivity contribution < 1.29 is 13.9 Å². The van der Waals surface area contributed by atoms with Crippen LogP contribution in [0.5, 0.6) is 0 Å². The van der Waals surface area contributed by atoms with Crippen LogP contribution in [-0.2, 0) is 16.1 Å². The van der Waals surface area contributed by atoms with E-state index in [0.717, 1.165) is 38.4 Å². The van der Waals surface area contributed by atoms with Crippen LogP contribution in [0.1, 0.15) is 38.5 Å². The van der Waals surface area contributed by atoms with Crippen LogP contribution in [0.15, 0.2) is 82.0 Å². The standard InChI is InChI=1S/C30H33N3O4/c1-3-27(36-28(34)4-2)33-26-15-9-14-25(29(26)37-30(33)35)32-18-16-31(17-19-32)21-22-10-8-13-24(20-22)23-11-6-5-7-12-23/h5-15,20,27H,3-4,16-19,21H2,1-2H3. The second-order valence-electron chi connectivity index (χ2n) is 9.40. The van der Waals surface area contributed by atoms with Crippen LogP contribution in [-0.4, -0.2) is 41.6 Å². The Balaban J connectivity index is 1.30. The number of para-hydroxylation sites is 1. The number of ether oxygens (including phenoxy) is 1. The lowest BCUT2D eigenvalue weighted by Gasteiger charge is -2.36. The van der Waals surface area contributed by atoms with Crippen molar-refractivity contribution in [1.82, 2.24) is 9.47 Å².